The summed E-state index contributed by atoms with van der Waals surface area (Å²) in [5.74, 6) is 1.24. The molecule has 1 fully saturated rings. The smallest absolute Gasteiger partial charge is 0.220 e. The fraction of sp³-hybridized carbons (Fsp3) is 0.412. The molecule has 1 N–H and O–H groups in total. The highest BCUT2D eigenvalue weighted by molar-refractivity contribution is 5.75. The van der Waals surface area contributed by atoms with Crippen molar-refractivity contribution in [1.82, 2.24) is 10.3 Å². The van der Waals surface area contributed by atoms with Gasteiger partial charge >= 0.3 is 0 Å². The summed E-state index contributed by atoms with van der Waals surface area (Å²) < 4.78 is 11.2. The quantitative estimate of drug-likeness (QED) is 0.891. The number of ether oxygens (including phenoxy) is 1. The average molecular weight is 300 g/mol. The van der Waals surface area contributed by atoms with Gasteiger partial charge in [-0.25, -0.2) is 4.98 Å². The molecule has 1 unspecified atom stereocenters. The van der Waals surface area contributed by atoms with Gasteiger partial charge in [-0.1, -0.05) is 30.3 Å². The molecule has 1 atom stereocenters. The van der Waals surface area contributed by atoms with Crippen LogP contribution in [0.2, 0.25) is 0 Å². The summed E-state index contributed by atoms with van der Waals surface area (Å²) in [6.07, 6.45) is 5.36. The van der Waals surface area contributed by atoms with E-state index in [1.807, 2.05) is 30.3 Å². The molecule has 1 aromatic carbocycles. The van der Waals surface area contributed by atoms with Gasteiger partial charge in [0.05, 0.1) is 18.8 Å². The summed E-state index contributed by atoms with van der Waals surface area (Å²) in [6, 6.07) is 9.78. The van der Waals surface area contributed by atoms with Crippen LogP contribution in [0, 0.1) is 0 Å². The number of carbonyl (C=O) groups is 1. The van der Waals surface area contributed by atoms with Crippen LogP contribution in [0.15, 0.2) is 40.9 Å². The van der Waals surface area contributed by atoms with Gasteiger partial charge in [-0.15, -0.1) is 0 Å². The number of aromatic nitrogens is 1. The Morgan fingerprint density at radius 2 is 2.18 bits per heavy atom. The van der Waals surface area contributed by atoms with Gasteiger partial charge in [0.1, 0.15) is 0 Å². The van der Waals surface area contributed by atoms with E-state index >= 15 is 0 Å². The van der Waals surface area contributed by atoms with E-state index in [4.69, 9.17) is 9.15 Å². The first-order valence-corrected chi connectivity index (χ1v) is 7.70. The zero-order valence-corrected chi connectivity index (χ0v) is 12.5. The number of nitrogens with zero attached hydrogens (tertiary/aromatic N) is 1. The molecule has 3 rings (SSSR count). The predicted molar refractivity (Wildman–Crippen MR) is 82.0 cm³/mol. The molecular weight excluding hydrogens is 280 g/mol. The Morgan fingerprint density at radius 1 is 1.32 bits per heavy atom. The van der Waals surface area contributed by atoms with Crippen molar-refractivity contribution in [3.05, 3.63) is 42.4 Å². The van der Waals surface area contributed by atoms with E-state index < -0.39 is 0 Å². The van der Waals surface area contributed by atoms with Crippen molar-refractivity contribution in [3.63, 3.8) is 0 Å². The van der Waals surface area contributed by atoms with Gasteiger partial charge in [-0.05, 0) is 19.3 Å². The molecule has 22 heavy (non-hydrogen) atoms. The predicted octanol–water partition coefficient (Wildman–Crippen LogP) is 2.92. The van der Waals surface area contributed by atoms with E-state index in [2.05, 4.69) is 10.3 Å². The summed E-state index contributed by atoms with van der Waals surface area (Å²) in [7, 11) is 0. The summed E-state index contributed by atoms with van der Waals surface area (Å²) in [6.45, 7) is 1.14. The number of hydrogen-bond donors (Lipinski definition) is 1. The molecule has 2 aromatic rings. The molecule has 1 amide bonds. The maximum absolute atomic E-state index is 11.8. The average Bonchev–Trinajstić information content (AvgIpc) is 3.23. The minimum Gasteiger partial charge on any atom is -0.439 e. The first-order valence-electron chi connectivity index (χ1n) is 7.70. The zero-order valence-electron chi connectivity index (χ0n) is 12.5. The van der Waals surface area contributed by atoms with Gasteiger partial charge in [0.15, 0.2) is 5.76 Å². The second-order valence-corrected chi connectivity index (χ2v) is 5.43. The molecule has 5 nitrogen and oxygen atoms in total. The van der Waals surface area contributed by atoms with Gasteiger partial charge in [0, 0.05) is 18.6 Å². The van der Waals surface area contributed by atoms with Crippen LogP contribution < -0.4 is 5.32 Å². The Bertz CT molecular complexity index is 603. The molecule has 1 saturated heterocycles. The van der Waals surface area contributed by atoms with Crippen molar-refractivity contribution in [2.75, 3.05) is 6.61 Å². The molecule has 0 bridgehead atoms. The third kappa shape index (κ3) is 3.95. The van der Waals surface area contributed by atoms with Crippen LogP contribution in [-0.2, 0) is 16.1 Å². The molecule has 2 heterocycles. The van der Waals surface area contributed by atoms with Gasteiger partial charge in [-0.3, -0.25) is 4.79 Å². The molecule has 0 radical (unpaired) electrons. The van der Waals surface area contributed by atoms with Crippen LogP contribution in [-0.4, -0.2) is 23.6 Å². The third-order valence-corrected chi connectivity index (χ3v) is 3.77. The molecule has 0 aliphatic carbocycles. The van der Waals surface area contributed by atoms with Gasteiger partial charge in [-0.2, -0.15) is 0 Å². The van der Waals surface area contributed by atoms with Crippen LogP contribution in [0.3, 0.4) is 0 Å². The number of oxazole rings is 1. The minimum atomic E-state index is 0.00922. The lowest BCUT2D eigenvalue weighted by molar-refractivity contribution is -0.122. The van der Waals surface area contributed by atoms with Crippen LogP contribution in [0.4, 0.5) is 0 Å². The topological polar surface area (TPSA) is 64.4 Å². The van der Waals surface area contributed by atoms with E-state index in [0.717, 1.165) is 31.4 Å². The monoisotopic (exact) mass is 300 g/mol. The lowest BCUT2D eigenvalue weighted by atomic mass is 10.1. The molecule has 0 saturated carbocycles. The maximum atomic E-state index is 11.8. The Balaban J connectivity index is 1.45. The van der Waals surface area contributed by atoms with Gasteiger partial charge < -0.3 is 14.5 Å². The largest absolute Gasteiger partial charge is 0.439 e. The number of hydrogen-bond acceptors (Lipinski definition) is 4. The fourth-order valence-electron chi connectivity index (χ4n) is 2.55. The van der Waals surface area contributed by atoms with Crippen molar-refractivity contribution < 1.29 is 13.9 Å². The first kappa shape index (κ1) is 14.8. The Kier molecular flexibility index (Phi) is 4.85. The van der Waals surface area contributed by atoms with E-state index in [1.54, 1.807) is 6.20 Å². The lowest BCUT2D eigenvalue weighted by Crippen LogP contribution is -2.24. The van der Waals surface area contributed by atoms with Crippen molar-refractivity contribution >= 4 is 5.91 Å². The van der Waals surface area contributed by atoms with Gasteiger partial charge in [0.2, 0.25) is 11.8 Å². The number of carbonyl (C=O) groups excluding carboxylic acids is 1. The minimum absolute atomic E-state index is 0.00922. The number of nitrogens with one attached hydrogen (secondary N) is 1. The van der Waals surface area contributed by atoms with Crippen LogP contribution in [0.25, 0.3) is 11.3 Å². The Morgan fingerprint density at radius 3 is 2.95 bits per heavy atom. The van der Waals surface area contributed by atoms with Crippen molar-refractivity contribution in [3.8, 4) is 11.3 Å². The highest BCUT2D eigenvalue weighted by atomic mass is 16.5. The molecule has 1 aliphatic heterocycles. The molecular formula is C17H20N2O3. The summed E-state index contributed by atoms with van der Waals surface area (Å²) in [5, 5.41) is 2.84. The number of rotatable bonds is 6. The molecule has 116 valence electrons. The van der Waals surface area contributed by atoms with E-state index in [-0.39, 0.29) is 12.0 Å². The summed E-state index contributed by atoms with van der Waals surface area (Å²) >= 11 is 0. The first-order chi connectivity index (χ1) is 10.8. The summed E-state index contributed by atoms with van der Waals surface area (Å²) in [4.78, 5) is 16.0. The van der Waals surface area contributed by atoms with Crippen LogP contribution >= 0.6 is 0 Å². The van der Waals surface area contributed by atoms with Crippen molar-refractivity contribution in [2.45, 2.75) is 38.3 Å². The highest BCUT2D eigenvalue weighted by Gasteiger charge is 2.16. The normalized spacial score (nSPS) is 17.5. The number of amides is 1. The molecule has 1 aliphatic rings. The van der Waals surface area contributed by atoms with E-state index in [1.165, 1.54) is 0 Å². The number of benzene rings is 1. The van der Waals surface area contributed by atoms with Crippen LogP contribution in [0.5, 0.6) is 0 Å². The van der Waals surface area contributed by atoms with Crippen molar-refractivity contribution in [2.24, 2.45) is 0 Å². The lowest BCUT2D eigenvalue weighted by Gasteiger charge is -2.08. The maximum Gasteiger partial charge on any atom is 0.220 e. The van der Waals surface area contributed by atoms with Crippen LogP contribution in [0.1, 0.15) is 31.6 Å². The summed E-state index contributed by atoms with van der Waals surface area (Å²) in [5.41, 5.74) is 0.978. The highest BCUT2D eigenvalue weighted by Crippen LogP contribution is 2.20. The zero-order chi connectivity index (χ0) is 15.2. The van der Waals surface area contributed by atoms with Crippen molar-refractivity contribution in [1.29, 1.82) is 0 Å². The van der Waals surface area contributed by atoms with E-state index in [9.17, 15) is 4.79 Å². The second kappa shape index (κ2) is 7.22. The molecule has 5 heteroatoms. The Labute approximate surface area is 129 Å². The Hall–Kier alpha value is -2.14. The second-order valence-electron chi connectivity index (χ2n) is 5.43. The van der Waals surface area contributed by atoms with Gasteiger partial charge in [0.25, 0.3) is 0 Å². The standard InChI is InChI=1S/C17H20N2O3/c20-16(9-8-14-7-4-10-21-14)18-12-17-19-11-15(22-17)13-5-2-1-3-6-13/h1-3,5-6,11,14H,4,7-10,12H2,(H,18,20). The third-order valence-electron chi connectivity index (χ3n) is 3.77. The molecule has 0 spiro atoms. The SMILES string of the molecule is O=C(CCC1CCCO1)NCc1ncc(-c2ccccc2)o1. The van der Waals surface area contributed by atoms with E-state index in [0.29, 0.717) is 24.6 Å². The molecule has 1 aromatic heterocycles. The fourth-order valence-corrected chi connectivity index (χ4v) is 2.55.